The number of hydrogen-bond donors (Lipinski definition) is 0. The van der Waals surface area contributed by atoms with Gasteiger partial charge in [0.05, 0.1) is 0 Å². The fourth-order valence-corrected chi connectivity index (χ4v) is 5.50. The number of para-hydroxylation sites is 1. The number of fused-ring (bicyclic) bond motifs is 4. The van der Waals surface area contributed by atoms with Crippen molar-refractivity contribution in [2.75, 3.05) is 4.90 Å². The van der Waals surface area contributed by atoms with Crippen molar-refractivity contribution < 1.29 is 4.74 Å². The third-order valence-electron chi connectivity index (χ3n) is 6.53. The van der Waals surface area contributed by atoms with Crippen molar-refractivity contribution >= 4 is 40.2 Å². The summed E-state index contributed by atoms with van der Waals surface area (Å²) in [7, 11) is 0. The highest BCUT2D eigenvalue weighted by Gasteiger charge is 2.42. The van der Waals surface area contributed by atoms with Crippen LogP contribution in [0.15, 0.2) is 72.8 Å². The Kier molecular flexibility index (Phi) is 3.85. The monoisotopic (exact) mass is 401 g/mol. The van der Waals surface area contributed by atoms with E-state index in [0.717, 1.165) is 11.5 Å². The molecule has 6 rings (SSSR count). The number of ether oxygens (including phenoxy) is 1. The molecule has 0 fully saturated rings. The van der Waals surface area contributed by atoms with E-state index in [1.807, 2.05) is 0 Å². The molecule has 4 aromatic carbocycles. The predicted molar refractivity (Wildman–Crippen MR) is 131 cm³/mol. The summed E-state index contributed by atoms with van der Waals surface area (Å²) < 4.78 is 6.41. The zero-order valence-corrected chi connectivity index (χ0v) is 18.4. The SMILES string of the molecule is Cc1cc(C)cc(N2c3cc(C)cc(C)c3B3c4ccccc4Oc4cccc2c43)c1. The van der Waals surface area contributed by atoms with Crippen LogP contribution in [0.25, 0.3) is 0 Å². The van der Waals surface area contributed by atoms with Gasteiger partial charge < -0.3 is 9.64 Å². The van der Waals surface area contributed by atoms with E-state index in [0.29, 0.717) is 0 Å². The molecule has 0 amide bonds. The van der Waals surface area contributed by atoms with Gasteiger partial charge in [-0.15, -0.1) is 0 Å². The molecule has 0 saturated heterocycles. The molecule has 3 heteroatoms. The number of anilines is 3. The van der Waals surface area contributed by atoms with E-state index in [1.165, 1.54) is 55.7 Å². The van der Waals surface area contributed by atoms with Gasteiger partial charge in [0.25, 0.3) is 6.71 Å². The van der Waals surface area contributed by atoms with Gasteiger partial charge in [0.15, 0.2) is 0 Å². The highest BCUT2D eigenvalue weighted by Crippen LogP contribution is 2.41. The summed E-state index contributed by atoms with van der Waals surface area (Å²) in [6, 6.07) is 26.4. The highest BCUT2D eigenvalue weighted by molar-refractivity contribution is 6.99. The van der Waals surface area contributed by atoms with Crippen molar-refractivity contribution in [1.29, 1.82) is 0 Å². The van der Waals surface area contributed by atoms with Crippen LogP contribution in [0, 0.1) is 27.7 Å². The zero-order valence-electron chi connectivity index (χ0n) is 18.4. The Morgan fingerprint density at radius 3 is 2.16 bits per heavy atom. The molecule has 4 aromatic rings. The molecule has 2 nitrogen and oxygen atoms in total. The molecule has 0 saturated carbocycles. The summed E-state index contributed by atoms with van der Waals surface area (Å²) in [5.41, 5.74) is 12.7. The molecule has 0 unspecified atom stereocenters. The standard InChI is InChI=1S/C28H24BNO/c1-17-12-18(2)15-21(14-17)30-23-9-7-11-26-28(23)29(22-8-5-6-10-25(22)31-26)27-20(4)13-19(3)16-24(27)30/h5-16H,1-4H3. The van der Waals surface area contributed by atoms with Gasteiger partial charge in [-0.2, -0.15) is 0 Å². The number of nitrogens with zero attached hydrogens (tertiary/aromatic N) is 1. The topological polar surface area (TPSA) is 12.5 Å². The molecule has 2 aliphatic rings. The third kappa shape index (κ3) is 2.66. The van der Waals surface area contributed by atoms with Crippen LogP contribution in [0.4, 0.5) is 17.1 Å². The molecule has 31 heavy (non-hydrogen) atoms. The van der Waals surface area contributed by atoms with Crippen LogP contribution < -0.4 is 26.0 Å². The minimum absolute atomic E-state index is 0.175. The van der Waals surface area contributed by atoms with E-state index in [-0.39, 0.29) is 6.71 Å². The van der Waals surface area contributed by atoms with Gasteiger partial charge in [-0.25, -0.2) is 0 Å². The molecular weight excluding hydrogens is 377 g/mol. The summed E-state index contributed by atoms with van der Waals surface area (Å²) in [4.78, 5) is 2.43. The lowest BCUT2D eigenvalue weighted by atomic mass is 9.33. The Morgan fingerprint density at radius 2 is 1.35 bits per heavy atom. The van der Waals surface area contributed by atoms with Crippen LogP contribution in [0.5, 0.6) is 11.5 Å². The lowest BCUT2D eigenvalue weighted by Gasteiger charge is -2.41. The molecule has 0 N–H and O–H groups in total. The maximum absolute atomic E-state index is 6.41. The summed E-state index contributed by atoms with van der Waals surface area (Å²) >= 11 is 0. The predicted octanol–water partition coefficient (Wildman–Crippen LogP) is 5.33. The Balaban J connectivity index is 1.73. The fraction of sp³-hybridized carbons (Fsp3) is 0.143. The van der Waals surface area contributed by atoms with Crippen LogP contribution in [0.3, 0.4) is 0 Å². The average Bonchev–Trinajstić information content (AvgIpc) is 2.72. The zero-order chi connectivity index (χ0) is 21.3. The first kappa shape index (κ1) is 18.3. The molecule has 2 aliphatic heterocycles. The number of aryl methyl sites for hydroxylation is 4. The Labute approximate surface area is 184 Å². The van der Waals surface area contributed by atoms with Crippen LogP contribution in [0.1, 0.15) is 22.3 Å². The lowest BCUT2D eigenvalue weighted by Crippen LogP contribution is -2.60. The van der Waals surface area contributed by atoms with Crippen molar-refractivity contribution in [3.63, 3.8) is 0 Å². The molecule has 0 radical (unpaired) electrons. The number of benzene rings is 4. The van der Waals surface area contributed by atoms with Crippen LogP contribution in [-0.2, 0) is 0 Å². The minimum atomic E-state index is 0.175. The van der Waals surface area contributed by atoms with Crippen molar-refractivity contribution in [3.05, 3.63) is 95.1 Å². The molecule has 0 bridgehead atoms. The van der Waals surface area contributed by atoms with Crippen molar-refractivity contribution in [2.45, 2.75) is 27.7 Å². The summed E-state index contributed by atoms with van der Waals surface area (Å²) in [6.45, 7) is 8.96. The van der Waals surface area contributed by atoms with E-state index in [2.05, 4.69) is 105 Å². The molecule has 150 valence electrons. The van der Waals surface area contributed by atoms with Crippen LogP contribution in [0.2, 0.25) is 0 Å². The smallest absolute Gasteiger partial charge is 0.256 e. The number of rotatable bonds is 1. The second kappa shape index (κ2) is 6.52. The van der Waals surface area contributed by atoms with E-state index in [4.69, 9.17) is 4.74 Å². The van der Waals surface area contributed by atoms with Crippen molar-refractivity contribution in [3.8, 4) is 11.5 Å². The average molecular weight is 401 g/mol. The third-order valence-corrected chi connectivity index (χ3v) is 6.53. The molecular formula is C28H24BNO. The molecule has 2 heterocycles. The minimum Gasteiger partial charge on any atom is -0.458 e. The second-order valence-electron chi connectivity index (χ2n) is 8.96. The van der Waals surface area contributed by atoms with Gasteiger partial charge in [-0.05, 0) is 97.2 Å². The van der Waals surface area contributed by atoms with Gasteiger partial charge in [0, 0.05) is 17.1 Å². The van der Waals surface area contributed by atoms with Gasteiger partial charge in [-0.3, -0.25) is 0 Å². The normalized spacial score (nSPS) is 13.3. The molecule has 0 aliphatic carbocycles. The second-order valence-corrected chi connectivity index (χ2v) is 8.96. The molecule has 0 spiro atoms. The van der Waals surface area contributed by atoms with E-state index < -0.39 is 0 Å². The van der Waals surface area contributed by atoms with Gasteiger partial charge in [0.2, 0.25) is 0 Å². The fourth-order valence-electron chi connectivity index (χ4n) is 5.50. The highest BCUT2D eigenvalue weighted by atomic mass is 16.5. The summed E-state index contributed by atoms with van der Waals surface area (Å²) in [6.07, 6.45) is 0. The largest absolute Gasteiger partial charge is 0.458 e. The molecule has 0 atom stereocenters. The first-order chi connectivity index (χ1) is 15.0. The van der Waals surface area contributed by atoms with Crippen LogP contribution >= 0.6 is 0 Å². The maximum Gasteiger partial charge on any atom is 0.256 e. The van der Waals surface area contributed by atoms with Crippen LogP contribution in [-0.4, -0.2) is 6.71 Å². The van der Waals surface area contributed by atoms with E-state index in [9.17, 15) is 0 Å². The van der Waals surface area contributed by atoms with Gasteiger partial charge in [0.1, 0.15) is 11.5 Å². The quantitative estimate of drug-likeness (QED) is 0.346. The first-order valence-electron chi connectivity index (χ1n) is 10.9. The first-order valence-corrected chi connectivity index (χ1v) is 10.9. The number of hydrogen-bond acceptors (Lipinski definition) is 2. The Morgan fingerprint density at radius 1 is 0.645 bits per heavy atom. The van der Waals surface area contributed by atoms with E-state index >= 15 is 0 Å². The summed E-state index contributed by atoms with van der Waals surface area (Å²) in [5, 5.41) is 0. The maximum atomic E-state index is 6.41. The van der Waals surface area contributed by atoms with Crippen molar-refractivity contribution in [1.82, 2.24) is 0 Å². The summed E-state index contributed by atoms with van der Waals surface area (Å²) in [5.74, 6) is 1.92. The lowest BCUT2D eigenvalue weighted by molar-refractivity contribution is 0.487. The van der Waals surface area contributed by atoms with Crippen molar-refractivity contribution in [2.24, 2.45) is 0 Å². The van der Waals surface area contributed by atoms with Gasteiger partial charge >= 0.3 is 0 Å². The van der Waals surface area contributed by atoms with Gasteiger partial charge in [-0.1, -0.05) is 42.0 Å². The molecule has 0 aromatic heterocycles. The van der Waals surface area contributed by atoms with E-state index in [1.54, 1.807) is 0 Å². The Bertz CT molecular complexity index is 1350. The Hall–Kier alpha value is -3.46.